The molecule has 0 amide bonds. The summed E-state index contributed by atoms with van der Waals surface area (Å²) in [5.74, 6) is -3.45. The number of unbranched alkanes of at least 4 members (excludes halogenated alkanes) is 20. The summed E-state index contributed by atoms with van der Waals surface area (Å²) in [4.78, 5) is 53.4. The first-order valence-electron chi connectivity index (χ1n) is 20.5. The van der Waals surface area contributed by atoms with Crippen LogP contribution in [0.25, 0.3) is 0 Å². The number of esters is 1. The van der Waals surface area contributed by atoms with E-state index in [-0.39, 0.29) is 25.7 Å². The van der Waals surface area contributed by atoms with Crippen LogP contribution in [-0.2, 0) is 23.9 Å². The largest absolute Gasteiger partial charge is 0.462 e. The molecule has 4 unspecified atom stereocenters. The first-order chi connectivity index (χ1) is 24.0. The van der Waals surface area contributed by atoms with Gasteiger partial charge in [-0.25, -0.2) is 0 Å². The lowest BCUT2D eigenvalue weighted by atomic mass is 9.72. The fraction of sp³-hybridized carbons (Fsp3) is 0.902. The van der Waals surface area contributed by atoms with E-state index in [4.69, 9.17) is 4.74 Å². The van der Waals surface area contributed by atoms with Crippen LogP contribution in [-0.4, -0.2) is 73.8 Å². The Labute approximate surface area is 304 Å². The first-order valence-corrected chi connectivity index (χ1v) is 20.5. The maximum absolute atomic E-state index is 13.8. The van der Waals surface area contributed by atoms with Crippen molar-refractivity contribution in [2.45, 2.75) is 231 Å². The summed E-state index contributed by atoms with van der Waals surface area (Å²) in [5, 5.41) is 46.8. The highest BCUT2D eigenvalue weighted by Gasteiger charge is 2.61. The summed E-state index contributed by atoms with van der Waals surface area (Å²) < 4.78 is 5.34. The van der Waals surface area contributed by atoms with Gasteiger partial charge < -0.3 is 25.2 Å². The molecule has 0 aromatic carbocycles. The van der Waals surface area contributed by atoms with Gasteiger partial charge in [-0.15, -0.1) is 0 Å². The summed E-state index contributed by atoms with van der Waals surface area (Å²) >= 11 is 0. The summed E-state index contributed by atoms with van der Waals surface area (Å²) in [6.07, 6.45) is 15.3. The SMILES string of the molecule is CCCCCCCCC(=O)OCC(O)(C(=O)CCCCCCCC)C(O)C(O)(C(=O)CCCCCCCC)C(O)C(=O)CCCCCCCC. The molecule has 294 valence electrons. The fourth-order valence-electron chi connectivity index (χ4n) is 6.45. The number of Topliss-reactive ketones (excluding diaryl/α,β-unsaturated/α-hetero) is 3. The zero-order valence-corrected chi connectivity index (χ0v) is 32.5. The Morgan fingerprint density at radius 2 is 0.820 bits per heavy atom. The number of rotatable bonds is 36. The number of carbonyl (C=O) groups is 4. The van der Waals surface area contributed by atoms with Crippen molar-refractivity contribution < 1.29 is 44.3 Å². The van der Waals surface area contributed by atoms with Gasteiger partial charge in [0, 0.05) is 25.7 Å². The summed E-state index contributed by atoms with van der Waals surface area (Å²) in [6, 6.07) is 0. The molecule has 0 aromatic rings. The Bertz CT molecular complexity index is 906. The van der Waals surface area contributed by atoms with Gasteiger partial charge in [-0.3, -0.25) is 19.2 Å². The second-order valence-electron chi connectivity index (χ2n) is 14.6. The van der Waals surface area contributed by atoms with E-state index in [0.717, 1.165) is 116 Å². The van der Waals surface area contributed by atoms with Gasteiger partial charge in [0.05, 0.1) is 0 Å². The Balaban J connectivity index is 6.14. The highest BCUT2D eigenvalue weighted by atomic mass is 16.5. The lowest BCUT2D eigenvalue weighted by Gasteiger charge is -2.42. The van der Waals surface area contributed by atoms with Gasteiger partial charge in [0.25, 0.3) is 0 Å². The Hall–Kier alpha value is -1.68. The molecule has 4 atom stereocenters. The van der Waals surface area contributed by atoms with E-state index in [9.17, 15) is 39.6 Å². The molecule has 0 spiro atoms. The van der Waals surface area contributed by atoms with Crippen LogP contribution < -0.4 is 0 Å². The second kappa shape index (κ2) is 29.9. The normalized spacial score (nSPS) is 15.2. The summed E-state index contributed by atoms with van der Waals surface area (Å²) in [6.45, 7) is 7.41. The predicted octanol–water partition coefficient (Wildman–Crippen LogP) is 8.42. The quantitative estimate of drug-likeness (QED) is 0.0370. The van der Waals surface area contributed by atoms with Gasteiger partial charge >= 0.3 is 5.97 Å². The number of aliphatic hydroxyl groups is 4. The van der Waals surface area contributed by atoms with E-state index in [1.807, 2.05) is 0 Å². The van der Waals surface area contributed by atoms with Crippen LogP contribution in [0.15, 0.2) is 0 Å². The molecule has 0 aliphatic carbocycles. The van der Waals surface area contributed by atoms with Crippen molar-refractivity contribution in [2.75, 3.05) is 6.61 Å². The topological polar surface area (TPSA) is 158 Å². The highest BCUT2D eigenvalue weighted by molar-refractivity contribution is 5.98. The van der Waals surface area contributed by atoms with E-state index in [2.05, 4.69) is 27.7 Å². The van der Waals surface area contributed by atoms with Gasteiger partial charge in [0.1, 0.15) is 12.7 Å². The number of hydrogen-bond donors (Lipinski definition) is 4. The Morgan fingerprint density at radius 1 is 0.480 bits per heavy atom. The number of ketones is 3. The molecule has 0 heterocycles. The number of ether oxygens (including phenoxy) is 1. The zero-order chi connectivity index (χ0) is 37.7. The average molecular weight is 713 g/mol. The number of aliphatic hydroxyl groups excluding tert-OH is 2. The molecule has 0 aliphatic heterocycles. The minimum Gasteiger partial charge on any atom is -0.462 e. The molecule has 0 rings (SSSR count). The van der Waals surface area contributed by atoms with Crippen molar-refractivity contribution in [3.8, 4) is 0 Å². The van der Waals surface area contributed by atoms with Crippen molar-refractivity contribution in [3.63, 3.8) is 0 Å². The minimum atomic E-state index is -3.17. The molecule has 0 radical (unpaired) electrons. The van der Waals surface area contributed by atoms with Gasteiger partial charge in [-0.2, -0.15) is 0 Å². The lowest BCUT2D eigenvalue weighted by molar-refractivity contribution is -0.218. The van der Waals surface area contributed by atoms with E-state index in [1.54, 1.807) is 0 Å². The molecule has 0 saturated carbocycles. The third kappa shape index (κ3) is 19.2. The molecule has 0 saturated heterocycles. The molecule has 4 N–H and O–H groups in total. The zero-order valence-electron chi connectivity index (χ0n) is 32.5. The van der Waals surface area contributed by atoms with Crippen molar-refractivity contribution >= 4 is 23.3 Å². The van der Waals surface area contributed by atoms with E-state index in [1.165, 1.54) is 0 Å². The van der Waals surface area contributed by atoms with Crippen LogP contribution in [0.1, 0.15) is 207 Å². The minimum absolute atomic E-state index is 0.0461. The molecular formula is C41H76O9. The smallest absolute Gasteiger partial charge is 0.305 e. The van der Waals surface area contributed by atoms with Gasteiger partial charge in [0.15, 0.2) is 34.7 Å². The number of carbonyl (C=O) groups excluding carboxylic acids is 4. The molecular weight excluding hydrogens is 636 g/mol. The third-order valence-electron chi connectivity index (χ3n) is 10.00. The van der Waals surface area contributed by atoms with Crippen LogP contribution in [0.2, 0.25) is 0 Å². The Kier molecular flexibility index (Phi) is 28.8. The van der Waals surface area contributed by atoms with Gasteiger partial charge in [-0.1, -0.05) is 156 Å². The monoisotopic (exact) mass is 713 g/mol. The molecule has 9 heteroatoms. The van der Waals surface area contributed by atoms with Gasteiger partial charge in [0.2, 0.25) is 0 Å². The molecule has 9 nitrogen and oxygen atoms in total. The first kappa shape index (κ1) is 48.3. The second-order valence-corrected chi connectivity index (χ2v) is 14.6. The lowest BCUT2D eigenvalue weighted by Crippen LogP contribution is -2.70. The van der Waals surface area contributed by atoms with E-state index >= 15 is 0 Å². The van der Waals surface area contributed by atoms with Crippen LogP contribution in [0.4, 0.5) is 0 Å². The van der Waals surface area contributed by atoms with Crippen LogP contribution in [0, 0.1) is 0 Å². The van der Waals surface area contributed by atoms with Gasteiger partial charge in [-0.05, 0) is 25.7 Å². The molecule has 0 fully saturated rings. The van der Waals surface area contributed by atoms with Crippen LogP contribution in [0.5, 0.6) is 0 Å². The summed E-state index contributed by atoms with van der Waals surface area (Å²) in [5.41, 5.74) is -6.08. The Morgan fingerprint density at radius 3 is 1.24 bits per heavy atom. The van der Waals surface area contributed by atoms with Crippen LogP contribution in [0.3, 0.4) is 0 Å². The maximum atomic E-state index is 13.8. The predicted molar refractivity (Wildman–Crippen MR) is 200 cm³/mol. The maximum Gasteiger partial charge on any atom is 0.305 e. The van der Waals surface area contributed by atoms with Crippen molar-refractivity contribution in [1.82, 2.24) is 0 Å². The molecule has 0 aliphatic rings. The van der Waals surface area contributed by atoms with Crippen molar-refractivity contribution in [3.05, 3.63) is 0 Å². The van der Waals surface area contributed by atoms with Crippen molar-refractivity contribution in [1.29, 1.82) is 0 Å². The van der Waals surface area contributed by atoms with Crippen LogP contribution >= 0.6 is 0 Å². The number of hydrogen-bond acceptors (Lipinski definition) is 9. The van der Waals surface area contributed by atoms with Crippen molar-refractivity contribution in [2.24, 2.45) is 0 Å². The third-order valence-corrected chi connectivity index (χ3v) is 10.00. The average Bonchev–Trinajstić information content (AvgIpc) is 3.11. The fourth-order valence-corrected chi connectivity index (χ4v) is 6.45. The van der Waals surface area contributed by atoms with E-state index < -0.39 is 53.3 Å². The molecule has 0 aromatic heterocycles. The standard InChI is InChI=1S/C41H76O9/c1-5-9-13-17-21-25-29-34(42)38(46)41(49,36(44)31-27-23-19-15-11-7-3)39(47)40(48,35(43)30-26-22-18-14-10-6-2)33-50-37(45)32-28-24-20-16-12-8-4/h38-39,46-49H,5-33H2,1-4H3. The summed E-state index contributed by atoms with van der Waals surface area (Å²) in [7, 11) is 0. The molecule has 50 heavy (non-hydrogen) atoms. The van der Waals surface area contributed by atoms with E-state index in [0.29, 0.717) is 38.5 Å². The highest BCUT2D eigenvalue weighted by Crippen LogP contribution is 2.32. The molecule has 0 bridgehead atoms.